The van der Waals surface area contributed by atoms with Crippen LogP contribution in [0.3, 0.4) is 0 Å². The molecule has 0 atom stereocenters. The molecule has 0 saturated carbocycles. The molecule has 0 radical (unpaired) electrons. The van der Waals surface area contributed by atoms with E-state index >= 15 is 0 Å². The lowest BCUT2D eigenvalue weighted by molar-refractivity contribution is 0.670. The lowest BCUT2D eigenvalue weighted by Crippen LogP contribution is -2.01. The lowest BCUT2D eigenvalue weighted by atomic mass is 9.91. The van der Waals surface area contributed by atoms with Gasteiger partial charge in [0.25, 0.3) is 0 Å². The van der Waals surface area contributed by atoms with Gasteiger partial charge in [0, 0.05) is 38.6 Å². The molecule has 2 aromatic heterocycles. The van der Waals surface area contributed by atoms with Crippen LogP contribution in [0.1, 0.15) is 0 Å². The zero-order valence-corrected chi connectivity index (χ0v) is 25.3. The summed E-state index contributed by atoms with van der Waals surface area (Å²) in [4.78, 5) is 15.1. The molecule has 0 bridgehead atoms. The van der Waals surface area contributed by atoms with Gasteiger partial charge in [0.15, 0.2) is 17.5 Å². The van der Waals surface area contributed by atoms with Gasteiger partial charge in [-0.3, -0.25) is 0 Å². The summed E-state index contributed by atoms with van der Waals surface area (Å²) in [6.07, 6.45) is 0. The van der Waals surface area contributed by atoms with Gasteiger partial charge in [0.1, 0.15) is 11.2 Å². The number of benzene rings is 7. The molecule has 0 amide bonds. The van der Waals surface area contributed by atoms with Crippen molar-refractivity contribution in [2.75, 3.05) is 0 Å². The van der Waals surface area contributed by atoms with Crippen LogP contribution in [0.25, 0.3) is 89.1 Å². The number of hydrogen-bond donors (Lipinski definition) is 0. The van der Waals surface area contributed by atoms with Gasteiger partial charge in [-0.2, -0.15) is 0 Å². The Kier molecular flexibility index (Phi) is 6.43. The normalized spacial score (nSPS) is 11.4. The summed E-state index contributed by atoms with van der Waals surface area (Å²) in [6, 6.07) is 56.3. The highest BCUT2D eigenvalue weighted by atomic mass is 16.3. The number of nitrogens with zero attached hydrogens (tertiary/aromatic N) is 3. The minimum absolute atomic E-state index is 0.634. The van der Waals surface area contributed by atoms with E-state index in [1.54, 1.807) is 0 Å². The Balaban J connectivity index is 1.23. The maximum absolute atomic E-state index is 6.36. The van der Waals surface area contributed by atoms with Crippen LogP contribution >= 0.6 is 0 Å². The van der Waals surface area contributed by atoms with Crippen molar-refractivity contribution >= 4 is 32.7 Å². The summed E-state index contributed by atoms with van der Waals surface area (Å²) in [5.74, 6) is 1.92. The first-order valence-electron chi connectivity index (χ1n) is 15.7. The highest BCUT2D eigenvalue weighted by Crippen LogP contribution is 2.40. The van der Waals surface area contributed by atoms with E-state index in [9.17, 15) is 0 Å². The number of rotatable bonds is 5. The van der Waals surface area contributed by atoms with E-state index in [0.717, 1.165) is 71.7 Å². The summed E-state index contributed by atoms with van der Waals surface area (Å²) in [6.45, 7) is 0. The van der Waals surface area contributed by atoms with Crippen LogP contribution < -0.4 is 0 Å². The van der Waals surface area contributed by atoms with E-state index < -0.39 is 0 Å². The molecule has 220 valence electrons. The van der Waals surface area contributed by atoms with E-state index in [-0.39, 0.29) is 0 Å². The Labute approximate surface area is 271 Å². The summed E-state index contributed by atoms with van der Waals surface area (Å²) in [5.41, 5.74) is 8.97. The van der Waals surface area contributed by atoms with Crippen molar-refractivity contribution < 1.29 is 4.42 Å². The second-order valence-corrected chi connectivity index (χ2v) is 11.6. The lowest BCUT2D eigenvalue weighted by Gasteiger charge is -2.15. The van der Waals surface area contributed by atoms with Crippen molar-refractivity contribution in [3.05, 3.63) is 164 Å². The summed E-state index contributed by atoms with van der Waals surface area (Å²) in [5, 5.41) is 4.54. The van der Waals surface area contributed by atoms with Crippen LogP contribution in [0, 0.1) is 0 Å². The molecule has 0 aliphatic rings. The predicted molar refractivity (Wildman–Crippen MR) is 192 cm³/mol. The Bertz CT molecular complexity index is 2500. The molecule has 0 N–H and O–H groups in total. The fourth-order valence-electron chi connectivity index (χ4n) is 6.49. The van der Waals surface area contributed by atoms with Crippen molar-refractivity contribution in [1.29, 1.82) is 0 Å². The summed E-state index contributed by atoms with van der Waals surface area (Å²) in [7, 11) is 0. The maximum Gasteiger partial charge on any atom is 0.164 e. The molecule has 0 unspecified atom stereocenters. The van der Waals surface area contributed by atoms with Crippen molar-refractivity contribution in [3.8, 4) is 56.4 Å². The molecular formula is C43H27N3O. The number of para-hydroxylation sites is 2. The van der Waals surface area contributed by atoms with Gasteiger partial charge in [0.2, 0.25) is 0 Å². The molecular weight excluding hydrogens is 574 g/mol. The SMILES string of the molecule is c1ccc(-c2nc(-c3ccccc3)nc(-c3ccc4ccccc4c3-c3ccc(-c4cccc5c4oc4ccccc45)cc3)n2)cc1. The van der Waals surface area contributed by atoms with E-state index in [4.69, 9.17) is 19.4 Å². The van der Waals surface area contributed by atoms with Crippen LogP contribution in [0.5, 0.6) is 0 Å². The standard InChI is InChI=1S/C43H27N3O/c1-3-13-31(14-4-1)41-44-42(32-15-5-2-6-16-32)46-43(45-41)37-27-26-28-12-7-8-17-33(28)39(37)30-24-22-29(23-25-30)34-19-11-20-36-35-18-9-10-21-38(35)47-40(34)36/h1-27H. The molecule has 4 heteroatoms. The van der Waals surface area contributed by atoms with E-state index in [0.29, 0.717) is 17.5 Å². The van der Waals surface area contributed by atoms with Crippen LogP contribution in [0.2, 0.25) is 0 Å². The first-order valence-corrected chi connectivity index (χ1v) is 15.7. The fourth-order valence-corrected chi connectivity index (χ4v) is 6.49. The van der Waals surface area contributed by atoms with Gasteiger partial charge < -0.3 is 4.42 Å². The van der Waals surface area contributed by atoms with Gasteiger partial charge >= 0.3 is 0 Å². The molecule has 0 fully saturated rings. The van der Waals surface area contributed by atoms with Crippen LogP contribution in [-0.4, -0.2) is 15.0 Å². The average molecular weight is 602 g/mol. The van der Waals surface area contributed by atoms with E-state index in [2.05, 4.69) is 91.0 Å². The van der Waals surface area contributed by atoms with Gasteiger partial charge in [-0.1, -0.05) is 152 Å². The third kappa shape index (κ3) is 4.75. The molecule has 47 heavy (non-hydrogen) atoms. The molecule has 0 saturated heterocycles. The first-order chi connectivity index (χ1) is 23.3. The van der Waals surface area contributed by atoms with Crippen molar-refractivity contribution in [2.24, 2.45) is 0 Å². The average Bonchev–Trinajstić information content (AvgIpc) is 3.54. The van der Waals surface area contributed by atoms with Gasteiger partial charge in [-0.15, -0.1) is 0 Å². The van der Waals surface area contributed by atoms with Crippen LogP contribution in [0.4, 0.5) is 0 Å². The highest BCUT2D eigenvalue weighted by molar-refractivity contribution is 6.10. The molecule has 9 aromatic rings. The number of aromatic nitrogens is 3. The molecule has 0 spiro atoms. The number of fused-ring (bicyclic) bond motifs is 4. The van der Waals surface area contributed by atoms with E-state index in [1.807, 2.05) is 72.8 Å². The minimum Gasteiger partial charge on any atom is -0.455 e. The molecule has 7 aromatic carbocycles. The van der Waals surface area contributed by atoms with Gasteiger partial charge in [-0.25, -0.2) is 15.0 Å². The Hall–Kier alpha value is -6.39. The Morgan fingerprint density at radius 3 is 1.64 bits per heavy atom. The zero-order chi connectivity index (χ0) is 31.2. The van der Waals surface area contributed by atoms with Crippen LogP contribution in [-0.2, 0) is 0 Å². The highest BCUT2D eigenvalue weighted by Gasteiger charge is 2.18. The fraction of sp³-hybridized carbons (Fsp3) is 0. The summed E-state index contributed by atoms with van der Waals surface area (Å²) >= 11 is 0. The quantitative estimate of drug-likeness (QED) is 0.197. The van der Waals surface area contributed by atoms with Crippen molar-refractivity contribution in [2.45, 2.75) is 0 Å². The van der Waals surface area contributed by atoms with Gasteiger partial charge in [-0.05, 0) is 34.0 Å². The predicted octanol–water partition coefficient (Wildman–Crippen LogP) is 11.3. The Morgan fingerprint density at radius 1 is 0.340 bits per heavy atom. The second kappa shape index (κ2) is 11.2. The topological polar surface area (TPSA) is 51.8 Å². The third-order valence-corrected chi connectivity index (χ3v) is 8.76. The number of furan rings is 1. The monoisotopic (exact) mass is 601 g/mol. The molecule has 0 aliphatic carbocycles. The second-order valence-electron chi connectivity index (χ2n) is 11.6. The van der Waals surface area contributed by atoms with Crippen molar-refractivity contribution in [3.63, 3.8) is 0 Å². The molecule has 2 heterocycles. The van der Waals surface area contributed by atoms with Crippen molar-refractivity contribution in [1.82, 2.24) is 15.0 Å². The number of hydrogen-bond acceptors (Lipinski definition) is 4. The molecule has 4 nitrogen and oxygen atoms in total. The Morgan fingerprint density at radius 2 is 0.915 bits per heavy atom. The first kappa shape index (κ1) is 27.0. The van der Waals surface area contributed by atoms with Gasteiger partial charge in [0.05, 0.1) is 0 Å². The smallest absolute Gasteiger partial charge is 0.164 e. The zero-order valence-electron chi connectivity index (χ0n) is 25.3. The van der Waals surface area contributed by atoms with E-state index in [1.165, 1.54) is 0 Å². The maximum atomic E-state index is 6.36. The largest absolute Gasteiger partial charge is 0.455 e. The third-order valence-electron chi connectivity index (χ3n) is 8.76. The summed E-state index contributed by atoms with van der Waals surface area (Å²) < 4.78 is 6.36. The molecule has 9 rings (SSSR count). The molecule has 0 aliphatic heterocycles. The minimum atomic E-state index is 0.634. The van der Waals surface area contributed by atoms with Crippen LogP contribution in [0.15, 0.2) is 168 Å².